The summed E-state index contributed by atoms with van der Waals surface area (Å²) in [5.74, 6) is 0.130. The summed E-state index contributed by atoms with van der Waals surface area (Å²) in [5.41, 5.74) is 1.24. The highest BCUT2D eigenvalue weighted by Gasteiger charge is 2.26. The Balaban J connectivity index is 1.48. The van der Waals surface area contributed by atoms with Crippen molar-refractivity contribution in [2.75, 3.05) is 6.54 Å². The zero-order valence-electron chi connectivity index (χ0n) is 13.8. The fourth-order valence-electron chi connectivity index (χ4n) is 2.87. The van der Waals surface area contributed by atoms with Crippen molar-refractivity contribution in [3.8, 4) is 0 Å². The number of unbranched alkanes of at least 4 members (excludes halogenated alkanes) is 2. The van der Waals surface area contributed by atoms with Crippen molar-refractivity contribution in [2.24, 2.45) is 0 Å². The average molecular weight is 317 g/mol. The summed E-state index contributed by atoms with van der Waals surface area (Å²) < 4.78 is 0. The molecule has 3 amide bonds. The number of nitrogens with one attached hydrogen (secondary N) is 3. The quantitative estimate of drug-likeness (QED) is 0.612. The molecule has 1 saturated heterocycles. The van der Waals surface area contributed by atoms with Crippen LogP contribution >= 0.6 is 0 Å². The molecule has 126 valence electrons. The molecule has 1 fully saturated rings. The van der Waals surface area contributed by atoms with Gasteiger partial charge in [0.1, 0.15) is 0 Å². The molecule has 0 radical (unpaired) electrons. The van der Waals surface area contributed by atoms with Crippen LogP contribution in [0.5, 0.6) is 0 Å². The molecule has 1 aliphatic rings. The fraction of sp³-hybridized carbons (Fsp3) is 0.556. The standard InChI is InChI=1S/C18H27N3O2/c1-14-16(21-18(23)20-14)10-6-3-7-11-17(22)19-13-12-15-8-4-2-5-9-15/h2,4-5,8-9,14,16H,3,6-7,10-13H2,1H3,(H,19,22)(H2,20,21,23)/t14-,16-/m0/s1. The van der Waals surface area contributed by atoms with Crippen molar-refractivity contribution in [1.29, 1.82) is 0 Å². The van der Waals surface area contributed by atoms with Gasteiger partial charge in [-0.3, -0.25) is 4.79 Å². The molecular weight excluding hydrogens is 290 g/mol. The maximum Gasteiger partial charge on any atom is 0.315 e. The van der Waals surface area contributed by atoms with Crippen LogP contribution in [-0.2, 0) is 11.2 Å². The monoisotopic (exact) mass is 317 g/mol. The smallest absolute Gasteiger partial charge is 0.315 e. The Labute approximate surface area is 138 Å². The molecule has 23 heavy (non-hydrogen) atoms. The highest BCUT2D eigenvalue weighted by Crippen LogP contribution is 2.11. The van der Waals surface area contributed by atoms with Gasteiger partial charge in [-0.1, -0.05) is 43.2 Å². The summed E-state index contributed by atoms with van der Waals surface area (Å²) in [4.78, 5) is 22.9. The predicted octanol–water partition coefficient (Wildman–Crippen LogP) is 2.37. The minimum absolute atomic E-state index is 0.0692. The predicted molar refractivity (Wildman–Crippen MR) is 91.2 cm³/mol. The SMILES string of the molecule is C[C@@H]1NC(=O)N[C@H]1CCCCCC(=O)NCCc1ccccc1. The van der Waals surface area contributed by atoms with Crippen LogP contribution in [0.1, 0.15) is 44.6 Å². The van der Waals surface area contributed by atoms with Gasteiger partial charge in [0.25, 0.3) is 0 Å². The third-order valence-electron chi connectivity index (χ3n) is 4.28. The number of carbonyl (C=O) groups is 2. The molecule has 2 atom stereocenters. The normalized spacial score (nSPS) is 20.0. The molecule has 1 aromatic carbocycles. The number of carbonyl (C=O) groups excluding carboxylic acids is 2. The Morgan fingerprint density at radius 2 is 1.91 bits per heavy atom. The van der Waals surface area contributed by atoms with Crippen LogP contribution in [0.25, 0.3) is 0 Å². The second-order valence-corrected chi connectivity index (χ2v) is 6.20. The zero-order valence-corrected chi connectivity index (χ0v) is 13.8. The van der Waals surface area contributed by atoms with Crippen molar-refractivity contribution >= 4 is 11.9 Å². The van der Waals surface area contributed by atoms with Crippen LogP contribution in [0.4, 0.5) is 4.79 Å². The first kappa shape index (κ1) is 17.3. The van der Waals surface area contributed by atoms with E-state index in [1.807, 2.05) is 25.1 Å². The topological polar surface area (TPSA) is 70.2 Å². The van der Waals surface area contributed by atoms with Gasteiger partial charge in [0.2, 0.25) is 5.91 Å². The molecule has 3 N–H and O–H groups in total. The van der Waals surface area contributed by atoms with Crippen LogP contribution in [0, 0.1) is 0 Å². The van der Waals surface area contributed by atoms with Crippen molar-refractivity contribution in [3.05, 3.63) is 35.9 Å². The minimum Gasteiger partial charge on any atom is -0.356 e. The van der Waals surface area contributed by atoms with Crippen LogP contribution in [0.15, 0.2) is 30.3 Å². The first-order chi connectivity index (χ1) is 11.1. The van der Waals surface area contributed by atoms with Gasteiger partial charge < -0.3 is 16.0 Å². The fourth-order valence-corrected chi connectivity index (χ4v) is 2.87. The lowest BCUT2D eigenvalue weighted by atomic mass is 10.0. The highest BCUT2D eigenvalue weighted by molar-refractivity contribution is 5.77. The van der Waals surface area contributed by atoms with E-state index in [4.69, 9.17) is 0 Å². The van der Waals surface area contributed by atoms with E-state index < -0.39 is 0 Å². The summed E-state index contributed by atoms with van der Waals surface area (Å²) in [6.45, 7) is 2.71. The lowest BCUT2D eigenvalue weighted by Gasteiger charge is -2.13. The van der Waals surface area contributed by atoms with Crippen LogP contribution in [-0.4, -0.2) is 30.6 Å². The van der Waals surface area contributed by atoms with E-state index in [1.54, 1.807) is 0 Å². The summed E-state index contributed by atoms with van der Waals surface area (Å²) in [6.07, 6.45) is 5.38. The molecule has 2 rings (SSSR count). The average Bonchev–Trinajstić information content (AvgIpc) is 2.86. The highest BCUT2D eigenvalue weighted by atomic mass is 16.2. The van der Waals surface area contributed by atoms with Crippen LogP contribution in [0.2, 0.25) is 0 Å². The van der Waals surface area contributed by atoms with E-state index in [0.29, 0.717) is 13.0 Å². The Morgan fingerprint density at radius 3 is 2.61 bits per heavy atom. The molecule has 0 spiro atoms. The van der Waals surface area contributed by atoms with E-state index in [2.05, 4.69) is 28.1 Å². The van der Waals surface area contributed by atoms with E-state index >= 15 is 0 Å². The van der Waals surface area contributed by atoms with E-state index in [1.165, 1.54) is 5.56 Å². The minimum atomic E-state index is -0.0692. The Morgan fingerprint density at radius 1 is 1.13 bits per heavy atom. The molecular formula is C18H27N3O2. The molecule has 1 heterocycles. The van der Waals surface area contributed by atoms with Crippen molar-refractivity contribution < 1.29 is 9.59 Å². The van der Waals surface area contributed by atoms with Crippen LogP contribution < -0.4 is 16.0 Å². The second-order valence-electron chi connectivity index (χ2n) is 6.20. The van der Waals surface area contributed by atoms with E-state index in [9.17, 15) is 9.59 Å². The Bertz CT molecular complexity index is 504. The molecule has 0 aliphatic carbocycles. The number of benzene rings is 1. The third-order valence-corrected chi connectivity index (χ3v) is 4.28. The second kappa shape index (κ2) is 9.18. The molecule has 0 bridgehead atoms. The van der Waals surface area contributed by atoms with E-state index in [-0.39, 0.29) is 24.0 Å². The lowest BCUT2D eigenvalue weighted by Crippen LogP contribution is -2.30. The summed E-state index contributed by atoms with van der Waals surface area (Å²) >= 11 is 0. The third kappa shape index (κ3) is 6.30. The summed E-state index contributed by atoms with van der Waals surface area (Å²) in [6, 6.07) is 10.5. The first-order valence-electron chi connectivity index (χ1n) is 8.53. The van der Waals surface area contributed by atoms with Gasteiger partial charge in [-0.25, -0.2) is 4.79 Å². The van der Waals surface area contributed by atoms with Gasteiger partial charge in [0, 0.05) is 19.0 Å². The van der Waals surface area contributed by atoms with Crippen molar-refractivity contribution in [3.63, 3.8) is 0 Å². The number of hydrogen-bond acceptors (Lipinski definition) is 2. The molecule has 0 saturated carbocycles. The largest absolute Gasteiger partial charge is 0.356 e. The van der Waals surface area contributed by atoms with Crippen molar-refractivity contribution in [2.45, 2.75) is 57.5 Å². The number of amides is 3. The van der Waals surface area contributed by atoms with E-state index in [0.717, 1.165) is 32.1 Å². The van der Waals surface area contributed by atoms with Crippen LogP contribution in [0.3, 0.4) is 0 Å². The molecule has 1 aliphatic heterocycles. The molecule has 0 unspecified atom stereocenters. The van der Waals surface area contributed by atoms with Gasteiger partial charge in [0.05, 0.1) is 6.04 Å². The number of urea groups is 1. The van der Waals surface area contributed by atoms with Gasteiger partial charge in [0.15, 0.2) is 0 Å². The lowest BCUT2D eigenvalue weighted by molar-refractivity contribution is -0.121. The Hall–Kier alpha value is -2.04. The molecule has 5 nitrogen and oxygen atoms in total. The van der Waals surface area contributed by atoms with Gasteiger partial charge in [-0.05, 0) is 31.7 Å². The maximum atomic E-state index is 11.8. The first-order valence-corrected chi connectivity index (χ1v) is 8.53. The van der Waals surface area contributed by atoms with Gasteiger partial charge in [-0.15, -0.1) is 0 Å². The Kier molecular flexibility index (Phi) is 6.91. The number of rotatable bonds is 9. The summed E-state index contributed by atoms with van der Waals surface area (Å²) in [5, 5.41) is 8.74. The van der Waals surface area contributed by atoms with Gasteiger partial charge >= 0.3 is 6.03 Å². The molecule has 5 heteroatoms. The van der Waals surface area contributed by atoms with Crippen molar-refractivity contribution in [1.82, 2.24) is 16.0 Å². The maximum absolute atomic E-state index is 11.8. The summed E-state index contributed by atoms with van der Waals surface area (Å²) in [7, 11) is 0. The van der Waals surface area contributed by atoms with Gasteiger partial charge in [-0.2, -0.15) is 0 Å². The zero-order chi connectivity index (χ0) is 16.5. The molecule has 1 aromatic rings. The molecule has 0 aromatic heterocycles. The number of hydrogen-bond donors (Lipinski definition) is 3.